The van der Waals surface area contributed by atoms with Gasteiger partial charge < -0.3 is 14.4 Å². The maximum Gasteiger partial charge on any atom is 0.305 e. The van der Waals surface area contributed by atoms with Gasteiger partial charge >= 0.3 is 5.97 Å². The summed E-state index contributed by atoms with van der Waals surface area (Å²) in [5.41, 5.74) is 2.91. The molecule has 9 heteroatoms. The van der Waals surface area contributed by atoms with E-state index in [2.05, 4.69) is 4.98 Å². The number of benzene rings is 2. The van der Waals surface area contributed by atoms with Crippen LogP contribution < -0.4 is 9.64 Å². The summed E-state index contributed by atoms with van der Waals surface area (Å²) < 4.78 is 23.3. The first kappa shape index (κ1) is 26.6. The van der Waals surface area contributed by atoms with Crippen molar-refractivity contribution in [1.82, 2.24) is 4.98 Å². The molecule has 0 saturated heterocycles. The Morgan fingerprint density at radius 2 is 1.94 bits per heavy atom. The quantitative estimate of drug-likeness (QED) is 0.352. The van der Waals surface area contributed by atoms with Gasteiger partial charge in [-0.25, -0.2) is 4.39 Å². The summed E-state index contributed by atoms with van der Waals surface area (Å²) >= 11 is 6.41. The number of pyridine rings is 1. The number of hydrogen-bond donors (Lipinski definition) is 0. The van der Waals surface area contributed by atoms with E-state index < -0.39 is 6.67 Å². The van der Waals surface area contributed by atoms with E-state index in [9.17, 15) is 19.2 Å². The Labute approximate surface area is 214 Å². The fraction of sp³-hybridized carbons (Fsp3) is 0.259. The third-order valence-corrected chi connectivity index (χ3v) is 6.05. The lowest BCUT2D eigenvalue weighted by Crippen LogP contribution is -2.28. The zero-order valence-corrected chi connectivity index (χ0v) is 20.9. The van der Waals surface area contributed by atoms with Gasteiger partial charge in [-0.1, -0.05) is 23.7 Å². The van der Waals surface area contributed by atoms with Crippen molar-refractivity contribution in [3.63, 3.8) is 0 Å². The lowest BCUT2D eigenvalue weighted by atomic mass is 9.99. The van der Waals surface area contributed by atoms with Crippen molar-refractivity contribution >= 4 is 29.2 Å². The topological polar surface area (TPSA) is 92.5 Å². The number of carbonyl (C=O) groups is 2. The smallest absolute Gasteiger partial charge is 0.305 e. The van der Waals surface area contributed by atoms with E-state index in [0.717, 1.165) is 5.56 Å². The molecule has 0 N–H and O–H groups in total. The van der Waals surface area contributed by atoms with Crippen LogP contribution in [0.4, 0.5) is 10.1 Å². The van der Waals surface area contributed by atoms with E-state index in [1.165, 1.54) is 31.4 Å². The number of ether oxygens (including phenoxy) is 2. The molecule has 0 aliphatic heterocycles. The Kier molecular flexibility index (Phi) is 8.98. The van der Waals surface area contributed by atoms with Crippen LogP contribution in [0.25, 0.3) is 11.1 Å². The first-order valence-electron chi connectivity index (χ1n) is 11.1. The molecule has 0 unspecified atom stereocenters. The van der Waals surface area contributed by atoms with E-state index in [4.69, 9.17) is 21.1 Å². The van der Waals surface area contributed by atoms with Gasteiger partial charge in [0.1, 0.15) is 12.4 Å². The predicted molar refractivity (Wildman–Crippen MR) is 135 cm³/mol. The first-order chi connectivity index (χ1) is 17.3. The monoisotopic (exact) mass is 509 g/mol. The minimum atomic E-state index is -0.799. The molecule has 0 saturated carbocycles. The number of aromatic nitrogens is 1. The van der Waals surface area contributed by atoms with Gasteiger partial charge in [-0.15, -0.1) is 0 Å². The van der Waals surface area contributed by atoms with E-state index in [1.807, 2.05) is 18.2 Å². The van der Waals surface area contributed by atoms with Gasteiger partial charge in [0, 0.05) is 41.4 Å². The van der Waals surface area contributed by atoms with Crippen molar-refractivity contribution in [1.29, 1.82) is 5.26 Å². The molecule has 0 fully saturated rings. The van der Waals surface area contributed by atoms with Crippen LogP contribution in [0.15, 0.2) is 48.7 Å². The number of esters is 1. The second kappa shape index (κ2) is 12.1. The number of para-hydroxylation sites is 1. The second-order valence-electron chi connectivity index (χ2n) is 7.92. The van der Waals surface area contributed by atoms with Crippen LogP contribution in [-0.2, 0) is 22.6 Å². The lowest BCUT2D eigenvalue weighted by Gasteiger charge is -2.24. The molecule has 186 valence electrons. The summed E-state index contributed by atoms with van der Waals surface area (Å²) in [6.45, 7) is -0.799. The van der Waals surface area contributed by atoms with Crippen molar-refractivity contribution in [3.8, 4) is 22.9 Å². The van der Waals surface area contributed by atoms with Crippen LogP contribution >= 0.6 is 11.6 Å². The molecule has 3 aromatic rings. The van der Waals surface area contributed by atoms with Crippen molar-refractivity contribution in [2.75, 3.05) is 26.2 Å². The summed E-state index contributed by atoms with van der Waals surface area (Å²) in [6.07, 6.45) is 2.70. The molecule has 1 aromatic heterocycles. The summed E-state index contributed by atoms with van der Waals surface area (Å²) in [5, 5.41) is 9.87. The molecule has 36 heavy (non-hydrogen) atoms. The Morgan fingerprint density at radius 3 is 2.61 bits per heavy atom. The number of nitriles is 1. The number of amides is 1. The Bertz CT molecular complexity index is 1320. The fourth-order valence-electron chi connectivity index (χ4n) is 3.88. The minimum Gasteiger partial charge on any atom is -0.495 e. The van der Waals surface area contributed by atoms with Gasteiger partial charge in [-0.05, 0) is 48.7 Å². The standard InChI is InChI=1S/C27H25ClFN3O4/c1-32(26-17(6-4-8-24(26)35-2)7-5-9-25(33)36-3)27(34)18-10-11-23(28)21(13-18)22-16-31-20(14-29)12-19(22)15-30/h4,6,8,10-13,16H,5,7,9,14H2,1-3H3. The van der Waals surface area contributed by atoms with Crippen LogP contribution in [0.1, 0.15) is 40.0 Å². The van der Waals surface area contributed by atoms with Gasteiger partial charge in [0.2, 0.25) is 0 Å². The van der Waals surface area contributed by atoms with Crippen LogP contribution in [0.5, 0.6) is 5.75 Å². The number of rotatable bonds is 9. The molecule has 0 aliphatic rings. The molecule has 1 heterocycles. The number of anilines is 1. The Hall–Kier alpha value is -3.96. The average molecular weight is 510 g/mol. The Morgan fingerprint density at radius 1 is 1.17 bits per heavy atom. The maximum atomic E-state index is 13.6. The molecule has 0 atom stereocenters. The van der Waals surface area contributed by atoms with Gasteiger partial charge in [0.05, 0.1) is 37.2 Å². The van der Waals surface area contributed by atoms with Crippen molar-refractivity contribution in [2.24, 2.45) is 0 Å². The van der Waals surface area contributed by atoms with Crippen LogP contribution in [0.2, 0.25) is 5.02 Å². The number of carbonyl (C=O) groups excluding carboxylic acids is 2. The predicted octanol–water partition coefficient (Wildman–Crippen LogP) is 5.52. The fourth-order valence-corrected chi connectivity index (χ4v) is 4.10. The summed E-state index contributed by atoms with van der Waals surface area (Å²) in [4.78, 5) is 30.6. The Balaban J connectivity index is 1.98. The molecule has 3 rings (SSSR count). The zero-order valence-electron chi connectivity index (χ0n) is 20.2. The number of alkyl halides is 1. The highest BCUT2D eigenvalue weighted by atomic mass is 35.5. The largest absolute Gasteiger partial charge is 0.495 e. The zero-order chi connectivity index (χ0) is 26.2. The molecule has 0 bridgehead atoms. The number of aryl methyl sites for hydroxylation is 1. The summed E-state index contributed by atoms with van der Waals surface area (Å²) in [5.74, 6) is -0.129. The molecular weight excluding hydrogens is 485 g/mol. The summed E-state index contributed by atoms with van der Waals surface area (Å²) in [6, 6.07) is 13.6. The SMILES string of the molecule is COC(=O)CCCc1cccc(OC)c1N(C)C(=O)c1ccc(Cl)c(-c2cnc(CF)cc2C#N)c1. The van der Waals surface area contributed by atoms with Crippen molar-refractivity contribution < 1.29 is 23.5 Å². The molecule has 0 aliphatic carbocycles. The highest BCUT2D eigenvalue weighted by molar-refractivity contribution is 6.33. The van der Waals surface area contributed by atoms with Crippen molar-refractivity contribution in [2.45, 2.75) is 25.9 Å². The van der Waals surface area contributed by atoms with E-state index in [1.54, 1.807) is 31.3 Å². The number of halogens is 2. The van der Waals surface area contributed by atoms with E-state index in [0.29, 0.717) is 46.0 Å². The van der Waals surface area contributed by atoms with E-state index in [-0.39, 0.29) is 29.6 Å². The maximum absolute atomic E-state index is 13.6. The van der Waals surface area contributed by atoms with E-state index >= 15 is 0 Å². The number of methoxy groups -OCH3 is 2. The normalized spacial score (nSPS) is 10.4. The minimum absolute atomic E-state index is 0.134. The van der Waals surface area contributed by atoms with Crippen LogP contribution in [-0.4, -0.2) is 38.1 Å². The van der Waals surface area contributed by atoms with Gasteiger partial charge in [0.25, 0.3) is 5.91 Å². The molecule has 0 radical (unpaired) electrons. The molecule has 1 amide bonds. The van der Waals surface area contributed by atoms with Gasteiger partial charge in [-0.3, -0.25) is 14.6 Å². The molecule has 7 nitrogen and oxygen atoms in total. The highest BCUT2D eigenvalue weighted by Crippen LogP contribution is 2.35. The number of hydrogen-bond acceptors (Lipinski definition) is 6. The third-order valence-electron chi connectivity index (χ3n) is 5.72. The average Bonchev–Trinajstić information content (AvgIpc) is 2.91. The van der Waals surface area contributed by atoms with Crippen LogP contribution in [0.3, 0.4) is 0 Å². The summed E-state index contributed by atoms with van der Waals surface area (Å²) in [7, 11) is 4.50. The van der Waals surface area contributed by atoms with Gasteiger partial charge in [-0.2, -0.15) is 5.26 Å². The van der Waals surface area contributed by atoms with Gasteiger partial charge in [0.15, 0.2) is 0 Å². The second-order valence-corrected chi connectivity index (χ2v) is 8.33. The molecule has 2 aromatic carbocycles. The lowest BCUT2D eigenvalue weighted by molar-refractivity contribution is -0.140. The van der Waals surface area contributed by atoms with Crippen molar-refractivity contribution in [3.05, 3.63) is 76.1 Å². The first-order valence-corrected chi connectivity index (χ1v) is 11.5. The highest BCUT2D eigenvalue weighted by Gasteiger charge is 2.22. The van der Waals surface area contributed by atoms with Crippen LogP contribution in [0, 0.1) is 11.3 Å². The molecular formula is C27H25ClFN3O4. The molecule has 0 spiro atoms. The number of nitrogens with zero attached hydrogens (tertiary/aromatic N) is 3. The third kappa shape index (κ3) is 5.81.